The van der Waals surface area contributed by atoms with Crippen LogP contribution in [0.2, 0.25) is 0 Å². The fourth-order valence-corrected chi connectivity index (χ4v) is 1.59. The lowest BCUT2D eigenvalue weighted by atomic mass is 10.2. The highest BCUT2D eigenvalue weighted by molar-refractivity contribution is 5.87. The van der Waals surface area contributed by atoms with Crippen LogP contribution in [0.15, 0.2) is 36.5 Å². The summed E-state index contributed by atoms with van der Waals surface area (Å²) < 4.78 is 43.4. The number of carbonyl (C=O) groups is 1. The maximum Gasteiger partial charge on any atom is 0.435 e. The van der Waals surface area contributed by atoms with E-state index in [1.807, 2.05) is 0 Å². The van der Waals surface area contributed by atoms with Gasteiger partial charge in [-0.25, -0.2) is 4.79 Å². The first-order valence-electron chi connectivity index (χ1n) is 5.93. The lowest BCUT2D eigenvalue weighted by Crippen LogP contribution is -2.11. The quantitative estimate of drug-likeness (QED) is 0.922. The maximum atomic E-state index is 12.3. The minimum Gasteiger partial charge on any atom is -0.492 e. The summed E-state index contributed by atoms with van der Waals surface area (Å²) in [4.78, 5) is 10.7. The molecule has 1 N–H and O–H groups in total. The first kappa shape index (κ1) is 14.9. The van der Waals surface area contributed by atoms with Crippen LogP contribution >= 0.6 is 0 Å². The Hall–Kier alpha value is -2.51. The van der Waals surface area contributed by atoms with E-state index < -0.39 is 17.8 Å². The molecule has 0 spiro atoms. The third-order valence-electron chi connectivity index (χ3n) is 2.62. The van der Waals surface area contributed by atoms with E-state index in [0.29, 0.717) is 5.75 Å². The van der Waals surface area contributed by atoms with Crippen LogP contribution in [0.1, 0.15) is 16.1 Å². The molecule has 1 heterocycles. The average Bonchev–Trinajstić information content (AvgIpc) is 2.88. The standard InChI is InChI=1S/C13H11F3N2O3/c14-13(15,16)11-5-6-18(17-11)7-8-21-10-3-1-9(2-4-10)12(19)20/h1-6H,7-8H2,(H,19,20). The lowest BCUT2D eigenvalue weighted by molar-refractivity contribution is -0.141. The topological polar surface area (TPSA) is 64.3 Å². The molecular formula is C13H11F3N2O3. The van der Waals surface area contributed by atoms with E-state index in [1.165, 1.54) is 30.5 Å². The van der Waals surface area contributed by atoms with Crippen molar-refractivity contribution in [1.82, 2.24) is 9.78 Å². The van der Waals surface area contributed by atoms with Crippen LogP contribution < -0.4 is 4.74 Å². The molecule has 0 bridgehead atoms. The number of carboxylic acids is 1. The minimum absolute atomic E-state index is 0.116. The smallest absolute Gasteiger partial charge is 0.435 e. The second-order valence-corrected chi connectivity index (χ2v) is 4.14. The summed E-state index contributed by atoms with van der Waals surface area (Å²) in [5.41, 5.74) is -0.822. The van der Waals surface area contributed by atoms with E-state index in [-0.39, 0.29) is 18.7 Å². The SMILES string of the molecule is O=C(O)c1ccc(OCCn2ccc(C(F)(F)F)n2)cc1. The number of carboxylic acid groups (broad SMARTS) is 1. The predicted molar refractivity (Wildman–Crippen MR) is 66.1 cm³/mol. The molecular weight excluding hydrogens is 289 g/mol. The van der Waals surface area contributed by atoms with Crippen LogP contribution in [0.5, 0.6) is 5.75 Å². The van der Waals surface area contributed by atoms with Gasteiger partial charge in [-0.15, -0.1) is 0 Å². The van der Waals surface area contributed by atoms with Gasteiger partial charge in [0.15, 0.2) is 5.69 Å². The molecule has 5 nitrogen and oxygen atoms in total. The molecule has 0 aliphatic heterocycles. The average molecular weight is 300 g/mol. The molecule has 1 aromatic heterocycles. The molecule has 0 amide bonds. The Morgan fingerprint density at radius 1 is 1.24 bits per heavy atom. The Bertz CT molecular complexity index is 620. The number of nitrogens with zero attached hydrogens (tertiary/aromatic N) is 2. The zero-order chi connectivity index (χ0) is 15.5. The Kier molecular flexibility index (Phi) is 4.15. The summed E-state index contributed by atoms with van der Waals surface area (Å²) in [5.74, 6) is -0.610. The highest BCUT2D eigenvalue weighted by Gasteiger charge is 2.33. The molecule has 0 aliphatic carbocycles. The Morgan fingerprint density at radius 3 is 2.43 bits per heavy atom. The number of rotatable bonds is 5. The summed E-state index contributed by atoms with van der Waals surface area (Å²) in [6.07, 6.45) is -3.24. The third-order valence-corrected chi connectivity index (χ3v) is 2.62. The highest BCUT2D eigenvalue weighted by Crippen LogP contribution is 2.27. The van der Waals surface area contributed by atoms with Crippen molar-refractivity contribution < 1.29 is 27.8 Å². The third kappa shape index (κ3) is 3.98. The van der Waals surface area contributed by atoms with Gasteiger partial charge in [-0.3, -0.25) is 4.68 Å². The molecule has 8 heteroatoms. The lowest BCUT2D eigenvalue weighted by Gasteiger charge is -2.07. The maximum absolute atomic E-state index is 12.3. The van der Waals surface area contributed by atoms with Gasteiger partial charge in [-0.05, 0) is 30.3 Å². The van der Waals surface area contributed by atoms with E-state index >= 15 is 0 Å². The molecule has 21 heavy (non-hydrogen) atoms. The summed E-state index contributed by atoms with van der Waals surface area (Å²) in [6.45, 7) is 0.266. The molecule has 0 saturated carbocycles. The van der Waals surface area contributed by atoms with Gasteiger partial charge in [-0.2, -0.15) is 18.3 Å². The molecule has 0 unspecified atom stereocenters. The van der Waals surface area contributed by atoms with Crippen LogP contribution in [-0.2, 0) is 12.7 Å². The summed E-state index contributed by atoms with van der Waals surface area (Å²) >= 11 is 0. The molecule has 1 aromatic carbocycles. The summed E-state index contributed by atoms with van der Waals surface area (Å²) in [5, 5.41) is 12.1. The van der Waals surface area contributed by atoms with E-state index in [1.54, 1.807) is 0 Å². The molecule has 112 valence electrons. The number of ether oxygens (including phenoxy) is 1. The van der Waals surface area contributed by atoms with Crippen molar-refractivity contribution in [2.24, 2.45) is 0 Å². The van der Waals surface area contributed by atoms with E-state index in [4.69, 9.17) is 9.84 Å². The number of benzene rings is 1. The van der Waals surface area contributed by atoms with Crippen molar-refractivity contribution >= 4 is 5.97 Å². The predicted octanol–water partition coefficient (Wildman–Crippen LogP) is 2.68. The van der Waals surface area contributed by atoms with Gasteiger partial charge >= 0.3 is 12.1 Å². The minimum atomic E-state index is -4.46. The van der Waals surface area contributed by atoms with Crippen LogP contribution in [0.3, 0.4) is 0 Å². The zero-order valence-corrected chi connectivity index (χ0v) is 10.7. The Morgan fingerprint density at radius 2 is 1.90 bits per heavy atom. The van der Waals surface area contributed by atoms with Crippen molar-refractivity contribution in [3.8, 4) is 5.75 Å². The number of aromatic nitrogens is 2. The molecule has 0 atom stereocenters. The summed E-state index contributed by atoms with van der Waals surface area (Å²) in [6, 6.07) is 6.61. The van der Waals surface area contributed by atoms with Gasteiger partial charge in [-0.1, -0.05) is 0 Å². The van der Waals surface area contributed by atoms with Crippen LogP contribution in [0, 0.1) is 0 Å². The number of alkyl halides is 3. The molecule has 2 aromatic rings. The van der Waals surface area contributed by atoms with Crippen molar-refractivity contribution in [2.45, 2.75) is 12.7 Å². The van der Waals surface area contributed by atoms with Crippen molar-refractivity contribution in [3.05, 3.63) is 47.8 Å². The Labute approximate surface area is 117 Å². The highest BCUT2D eigenvalue weighted by atomic mass is 19.4. The van der Waals surface area contributed by atoms with Gasteiger partial charge in [0.05, 0.1) is 12.1 Å². The number of hydrogen-bond donors (Lipinski definition) is 1. The molecule has 0 radical (unpaired) electrons. The fraction of sp³-hybridized carbons (Fsp3) is 0.231. The van der Waals surface area contributed by atoms with Crippen molar-refractivity contribution in [1.29, 1.82) is 0 Å². The van der Waals surface area contributed by atoms with E-state index in [9.17, 15) is 18.0 Å². The molecule has 0 saturated heterocycles. The van der Waals surface area contributed by atoms with Crippen LogP contribution in [0.4, 0.5) is 13.2 Å². The summed E-state index contributed by atoms with van der Waals surface area (Å²) in [7, 11) is 0. The normalized spacial score (nSPS) is 11.4. The largest absolute Gasteiger partial charge is 0.492 e. The second kappa shape index (κ2) is 5.86. The van der Waals surface area contributed by atoms with Crippen LogP contribution in [-0.4, -0.2) is 27.5 Å². The van der Waals surface area contributed by atoms with Gasteiger partial charge in [0.2, 0.25) is 0 Å². The van der Waals surface area contributed by atoms with Crippen molar-refractivity contribution in [2.75, 3.05) is 6.61 Å². The Balaban J connectivity index is 1.86. The number of hydrogen-bond acceptors (Lipinski definition) is 3. The first-order valence-corrected chi connectivity index (χ1v) is 5.93. The first-order chi connectivity index (χ1) is 9.86. The van der Waals surface area contributed by atoms with Gasteiger partial charge in [0.25, 0.3) is 0 Å². The molecule has 0 fully saturated rings. The van der Waals surface area contributed by atoms with E-state index in [0.717, 1.165) is 10.7 Å². The van der Waals surface area contributed by atoms with E-state index in [2.05, 4.69) is 5.10 Å². The van der Waals surface area contributed by atoms with Crippen molar-refractivity contribution in [3.63, 3.8) is 0 Å². The number of halogens is 3. The number of aromatic carboxylic acids is 1. The fourth-order valence-electron chi connectivity index (χ4n) is 1.59. The van der Waals surface area contributed by atoms with Gasteiger partial charge < -0.3 is 9.84 Å². The molecule has 0 aliphatic rings. The van der Waals surface area contributed by atoms with Crippen LogP contribution in [0.25, 0.3) is 0 Å². The van der Waals surface area contributed by atoms with Gasteiger partial charge in [0.1, 0.15) is 12.4 Å². The zero-order valence-electron chi connectivity index (χ0n) is 10.7. The second-order valence-electron chi connectivity index (χ2n) is 4.14. The monoisotopic (exact) mass is 300 g/mol. The molecule has 2 rings (SSSR count). The van der Waals surface area contributed by atoms with Gasteiger partial charge in [0, 0.05) is 6.20 Å².